The number of rotatable bonds is 11. The molecule has 2 aromatic rings. The highest BCUT2D eigenvalue weighted by atomic mass is 16.6. The highest BCUT2D eigenvalue weighted by Gasteiger charge is 2.27. The van der Waals surface area contributed by atoms with Gasteiger partial charge in [0, 0.05) is 39.6 Å². The Bertz CT molecular complexity index is 1030. The molecule has 0 fully saturated rings. The molecule has 1 atom stereocenters. The second-order valence-corrected chi connectivity index (χ2v) is 10.2. The topological polar surface area (TPSA) is 109 Å². The second-order valence-electron chi connectivity index (χ2n) is 10.2. The average molecular weight is 515 g/mol. The summed E-state index contributed by atoms with van der Waals surface area (Å²) in [5.41, 5.74) is 0.910. The van der Waals surface area contributed by atoms with Gasteiger partial charge in [-0.25, -0.2) is 14.6 Å². The first-order valence-electron chi connectivity index (χ1n) is 12.7. The van der Waals surface area contributed by atoms with Crippen LogP contribution in [0.3, 0.4) is 0 Å². The summed E-state index contributed by atoms with van der Waals surface area (Å²) in [5, 5.41) is 6.68. The molecule has 0 bridgehead atoms. The molecule has 1 heterocycles. The molecule has 0 spiro atoms. The standard InChI is InChI=1S/C27H42N6O4/c1-10-33(11-2)25-28-17-22(29-18(3)4)23(31-25)30-21(24(34)37-27(5,6)7)16-19-12-14-20(15-13-19)36-26(35)32(8)9/h12-15,17-18,21,29H,10-11,16H2,1-9H3,(H,28,30,31). The Kier molecular flexibility index (Phi) is 10.5. The fraction of sp³-hybridized carbons (Fsp3) is 0.556. The maximum absolute atomic E-state index is 13.3. The summed E-state index contributed by atoms with van der Waals surface area (Å²) in [6.07, 6.45) is 1.62. The van der Waals surface area contributed by atoms with E-state index >= 15 is 0 Å². The maximum atomic E-state index is 13.3. The van der Waals surface area contributed by atoms with E-state index in [1.54, 1.807) is 32.4 Å². The number of nitrogens with one attached hydrogen (secondary N) is 2. The van der Waals surface area contributed by atoms with E-state index in [-0.39, 0.29) is 6.04 Å². The number of hydrogen-bond donors (Lipinski definition) is 2. The minimum atomic E-state index is -0.721. The minimum Gasteiger partial charge on any atom is -0.458 e. The zero-order chi connectivity index (χ0) is 27.8. The molecule has 1 aromatic heterocycles. The van der Waals surface area contributed by atoms with Gasteiger partial charge in [0.1, 0.15) is 17.4 Å². The molecule has 10 nitrogen and oxygen atoms in total. The number of benzene rings is 1. The summed E-state index contributed by atoms with van der Waals surface area (Å²) in [4.78, 5) is 37.8. The molecule has 10 heteroatoms. The van der Waals surface area contributed by atoms with Crippen molar-refractivity contribution in [3.05, 3.63) is 36.0 Å². The number of carbonyl (C=O) groups is 2. The van der Waals surface area contributed by atoms with Crippen LogP contribution in [0, 0.1) is 0 Å². The normalized spacial score (nSPS) is 12.1. The molecule has 0 radical (unpaired) electrons. The third-order valence-corrected chi connectivity index (χ3v) is 5.20. The molecule has 0 aliphatic carbocycles. The van der Waals surface area contributed by atoms with Crippen LogP contribution >= 0.6 is 0 Å². The third kappa shape index (κ3) is 9.44. The van der Waals surface area contributed by atoms with E-state index in [2.05, 4.69) is 15.6 Å². The fourth-order valence-corrected chi connectivity index (χ4v) is 3.41. The molecule has 37 heavy (non-hydrogen) atoms. The molecule has 2 rings (SSSR count). The van der Waals surface area contributed by atoms with E-state index in [1.807, 2.05) is 65.5 Å². The van der Waals surface area contributed by atoms with Crippen molar-refractivity contribution < 1.29 is 19.1 Å². The maximum Gasteiger partial charge on any atom is 0.414 e. The molecule has 1 unspecified atom stereocenters. The van der Waals surface area contributed by atoms with Crippen molar-refractivity contribution >= 4 is 29.5 Å². The number of amides is 1. The molecule has 204 valence electrons. The molecule has 0 aliphatic rings. The second kappa shape index (κ2) is 13.1. The van der Waals surface area contributed by atoms with E-state index in [4.69, 9.17) is 14.5 Å². The molecule has 0 saturated carbocycles. The van der Waals surface area contributed by atoms with Crippen LogP contribution in [0.4, 0.5) is 22.2 Å². The molecule has 1 amide bonds. The predicted molar refractivity (Wildman–Crippen MR) is 147 cm³/mol. The Balaban J connectivity index is 2.39. The summed E-state index contributed by atoms with van der Waals surface area (Å²) >= 11 is 0. The highest BCUT2D eigenvalue weighted by molar-refractivity contribution is 5.81. The zero-order valence-electron chi connectivity index (χ0n) is 23.6. The van der Waals surface area contributed by atoms with Gasteiger partial charge in [-0.1, -0.05) is 12.1 Å². The van der Waals surface area contributed by atoms with Crippen molar-refractivity contribution in [2.45, 2.75) is 72.6 Å². The van der Waals surface area contributed by atoms with Crippen molar-refractivity contribution in [2.75, 3.05) is 42.7 Å². The lowest BCUT2D eigenvalue weighted by atomic mass is 10.0. The number of esters is 1. The van der Waals surface area contributed by atoms with Gasteiger partial charge in [-0.05, 0) is 66.2 Å². The Labute approximate surface area is 220 Å². The third-order valence-electron chi connectivity index (χ3n) is 5.20. The van der Waals surface area contributed by atoms with Crippen LogP contribution in [0.25, 0.3) is 0 Å². The lowest BCUT2D eigenvalue weighted by Crippen LogP contribution is -2.38. The highest BCUT2D eigenvalue weighted by Crippen LogP contribution is 2.25. The van der Waals surface area contributed by atoms with Crippen LogP contribution < -0.4 is 20.3 Å². The van der Waals surface area contributed by atoms with E-state index in [9.17, 15) is 9.59 Å². The van der Waals surface area contributed by atoms with Crippen LogP contribution in [-0.4, -0.2) is 71.8 Å². The van der Waals surface area contributed by atoms with E-state index < -0.39 is 23.7 Å². The van der Waals surface area contributed by atoms with Gasteiger partial charge >= 0.3 is 12.1 Å². The largest absolute Gasteiger partial charge is 0.458 e. The van der Waals surface area contributed by atoms with Crippen LogP contribution in [0.1, 0.15) is 54.0 Å². The lowest BCUT2D eigenvalue weighted by molar-refractivity contribution is -0.155. The first-order chi connectivity index (χ1) is 17.3. The molecule has 0 aliphatic heterocycles. The summed E-state index contributed by atoms with van der Waals surface area (Å²) in [6, 6.07) is 6.48. The van der Waals surface area contributed by atoms with Crippen molar-refractivity contribution in [1.29, 1.82) is 0 Å². The van der Waals surface area contributed by atoms with Crippen LogP contribution in [0.2, 0.25) is 0 Å². The molecular formula is C27H42N6O4. The number of nitrogens with zero attached hydrogens (tertiary/aromatic N) is 4. The van der Waals surface area contributed by atoms with Crippen LogP contribution in [0.15, 0.2) is 30.5 Å². The van der Waals surface area contributed by atoms with Crippen molar-refractivity contribution in [1.82, 2.24) is 14.9 Å². The molecule has 1 aromatic carbocycles. The summed E-state index contributed by atoms with van der Waals surface area (Å²) in [7, 11) is 3.24. The van der Waals surface area contributed by atoms with Gasteiger partial charge in [-0.15, -0.1) is 0 Å². The fourth-order valence-electron chi connectivity index (χ4n) is 3.41. The van der Waals surface area contributed by atoms with Gasteiger partial charge in [0.15, 0.2) is 5.82 Å². The van der Waals surface area contributed by atoms with Gasteiger partial charge in [-0.3, -0.25) is 0 Å². The minimum absolute atomic E-state index is 0.140. The van der Waals surface area contributed by atoms with Crippen molar-refractivity contribution in [2.24, 2.45) is 0 Å². The number of ether oxygens (including phenoxy) is 2. The number of hydrogen-bond acceptors (Lipinski definition) is 9. The summed E-state index contributed by atoms with van der Waals surface area (Å²) in [6.45, 7) is 15.2. The van der Waals surface area contributed by atoms with Gasteiger partial charge < -0.3 is 29.9 Å². The summed E-state index contributed by atoms with van der Waals surface area (Å²) in [5.74, 6) is 1.14. The van der Waals surface area contributed by atoms with Gasteiger partial charge in [0.2, 0.25) is 5.95 Å². The summed E-state index contributed by atoms with van der Waals surface area (Å²) < 4.78 is 11.0. The molecule has 0 saturated heterocycles. The number of carbonyl (C=O) groups excluding carboxylic acids is 2. The van der Waals surface area contributed by atoms with Crippen molar-refractivity contribution in [3.63, 3.8) is 0 Å². The van der Waals surface area contributed by atoms with Crippen LogP contribution in [-0.2, 0) is 16.0 Å². The Morgan fingerprint density at radius 2 is 1.65 bits per heavy atom. The quantitative estimate of drug-likeness (QED) is 0.417. The monoisotopic (exact) mass is 514 g/mol. The Hall–Kier alpha value is -3.56. The van der Waals surface area contributed by atoms with Crippen molar-refractivity contribution in [3.8, 4) is 5.75 Å². The number of aromatic nitrogens is 2. The van der Waals surface area contributed by atoms with E-state index in [1.165, 1.54) is 4.90 Å². The Morgan fingerprint density at radius 3 is 2.16 bits per heavy atom. The molecular weight excluding hydrogens is 472 g/mol. The first-order valence-corrected chi connectivity index (χ1v) is 12.7. The average Bonchev–Trinajstić information content (AvgIpc) is 2.80. The molecule has 2 N–H and O–H groups in total. The van der Waals surface area contributed by atoms with Crippen LogP contribution in [0.5, 0.6) is 5.75 Å². The lowest BCUT2D eigenvalue weighted by Gasteiger charge is -2.27. The number of anilines is 3. The first kappa shape index (κ1) is 29.7. The van der Waals surface area contributed by atoms with Gasteiger partial charge in [0.25, 0.3) is 0 Å². The van der Waals surface area contributed by atoms with Gasteiger partial charge in [-0.2, -0.15) is 4.98 Å². The SMILES string of the molecule is CCN(CC)c1ncc(NC(C)C)c(NC(Cc2ccc(OC(=O)N(C)C)cc2)C(=O)OC(C)(C)C)n1. The Morgan fingerprint density at radius 1 is 1.03 bits per heavy atom. The predicted octanol–water partition coefficient (Wildman–Crippen LogP) is 4.57. The van der Waals surface area contributed by atoms with E-state index in [0.717, 1.165) is 18.7 Å². The zero-order valence-corrected chi connectivity index (χ0v) is 23.6. The smallest absolute Gasteiger partial charge is 0.414 e. The van der Waals surface area contributed by atoms with Gasteiger partial charge in [0.05, 0.1) is 11.9 Å². The van der Waals surface area contributed by atoms with E-state index in [0.29, 0.717) is 29.6 Å².